The summed E-state index contributed by atoms with van der Waals surface area (Å²) in [4.78, 5) is 0.269. The van der Waals surface area contributed by atoms with Gasteiger partial charge in [0, 0.05) is 32.3 Å². The Bertz CT molecular complexity index is 1700. The zero-order valence-electron chi connectivity index (χ0n) is 41.1. The molecule has 10 nitrogen and oxygen atoms in total. The first-order valence-corrected chi connectivity index (χ1v) is 30.8. The number of aliphatic hydroxyl groups excluding tert-OH is 1. The van der Waals surface area contributed by atoms with Gasteiger partial charge in [-0.05, 0) is 110 Å². The SMILES string of the molecule is C=C([C@H](C)C[C@@H](C)CC[C@@H]1O[C@@H](CCC2OCCO2)CC1=C)[C@H](O)C[C@@H]1O[C@H](C[C@@H](CO[Si](C)(C)C(C)(C)C)O[Si](C)(C)C(C)(C)C)[C@H](OC)[C@H]1CS(=O)(=O)c1ccc(C)cc1. The van der Waals surface area contributed by atoms with Crippen molar-refractivity contribution < 1.29 is 46.1 Å². The molecule has 0 saturated carbocycles. The fourth-order valence-electron chi connectivity index (χ4n) is 8.60. The zero-order valence-corrected chi connectivity index (χ0v) is 43.9. The van der Waals surface area contributed by atoms with Crippen molar-refractivity contribution in [3.63, 3.8) is 0 Å². The van der Waals surface area contributed by atoms with Crippen LogP contribution in [0.2, 0.25) is 36.3 Å². The lowest BCUT2D eigenvalue weighted by Crippen LogP contribution is -2.49. The van der Waals surface area contributed by atoms with Crippen LogP contribution in [-0.2, 0) is 42.4 Å². The van der Waals surface area contributed by atoms with E-state index in [0.717, 1.165) is 55.2 Å². The first-order valence-electron chi connectivity index (χ1n) is 23.4. The van der Waals surface area contributed by atoms with Gasteiger partial charge in [0.25, 0.3) is 0 Å². The minimum atomic E-state index is -3.73. The fraction of sp³-hybridized carbons (Fsp3) is 0.796. The summed E-state index contributed by atoms with van der Waals surface area (Å²) in [5.41, 5.74) is 2.88. The van der Waals surface area contributed by atoms with Crippen LogP contribution in [0.15, 0.2) is 53.5 Å². The molecule has 3 heterocycles. The summed E-state index contributed by atoms with van der Waals surface area (Å²) in [6, 6.07) is 6.99. The summed E-state index contributed by atoms with van der Waals surface area (Å²) in [6.45, 7) is 39.2. The van der Waals surface area contributed by atoms with Gasteiger partial charge in [0.05, 0.1) is 73.2 Å². The molecule has 3 saturated heterocycles. The Balaban J connectivity index is 1.48. The molecule has 3 aliphatic heterocycles. The number of rotatable bonds is 23. The number of benzene rings is 1. The molecular weight excluding hydrogens is 837 g/mol. The van der Waals surface area contributed by atoms with Gasteiger partial charge in [-0.3, -0.25) is 0 Å². The third-order valence-electron chi connectivity index (χ3n) is 14.8. The maximum absolute atomic E-state index is 14.1. The Morgan fingerprint density at radius 3 is 2.10 bits per heavy atom. The molecule has 10 atom stereocenters. The summed E-state index contributed by atoms with van der Waals surface area (Å²) in [5.74, 6) is -0.308. The van der Waals surface area contributed by atoms with Crippen molar-refractivity contribution in [3.05, 3.63) is 54.1 Å². The van der Waals surface area contributed by atoms with Gasteiger partial charge in [0.2, 0.25) is 0 Å². The normalized spacial score (nSPS) is 26.5. The molecule has 0 aliphatic carbocycles. The third kappa shape index (κ3) is 14.6. The van der Waals surface area contributed by atoms with E-state index in [0.29, 0.717) is 32.2 Å². The Morgan fingerprint density at radius 1 is 0.903 bits per heavy atom. The smallest absolute Gasteiger partial charge is 0.192 e. The van der Waals surface area contributed by atoms with Gasteiger partial charge in [-0.15, -0.1) is 0 Å². The lowest BCUT2D eigenvalue weighted by molar-refractivity contribution is -0.0587. The van der Waals surface area contributed by atoms with Crippen LogP contribution in [0.25, 0.3) is 0 Å². The predicted molar refractivity (Wildman–Crippen MR) is 255 cm³/mol. The Kier molecular flexibility index (Phi) is 19.0. The molecule has 1 aromatic carbocycles. The van der Waals surface area contributed by atoms with E-state index >= 15 is 0 Å². The van der Waals surface area contributed by atoms with E-state index in [2.05, 4.69) is 94.7 Å². The molecule has 0 aromatic heterocycles. The van der Waals surface area contributed by atoms with Gasteiger partial charge in [-0.25, -0.2) is 8.42 Å². The van der Waals surface area contributed by atoms with Gasteiger partial charge in [-0.1, -0.05) is 86.2 Å². The van der Waals surface area contributed by atoms with Gasteiger partial charge < -0.3 is 37.6 Å². The van der Waals surface area contributed by atoms with Gasteiger partial charge in [0.15, 0.2) is 32.8 Å². The second-order valence-corrected chi connectivity index (χ2v) is 33.6. The Hall–Kier alpha value is -1.24. The first kappa shape index (κ1) is 53.4. The zero-order chi connectivity index (χ0) is 46.4. The largest absolute Gasteiger partial charge is 0.414 e. The van der Waals surface area contributed by atoms with E-state index in [1.807, 2.05) is 19.1 Å². The third-order valence-corrected chi connectivity index (χ3v) is 25.6. The van der Waals surface area contributed by atoms with Crippen LogP contribution in [0.5, 0.6) is 0 Å². The topological polar surface area (TPSA) is 119 Å². The quantitative estimate of drug-likeness (QED) is 0.0839. The standard InChI is InChI=1S/C49H86O10SSi2/c1-33-17-21-40(22-18-33)60(51,52)32-41-44(58-45(47(41)53-12)29-39(59-62(15,16)49(9,10)11)31-56-61(13,14)48(6,7)8)30-42(50)37(5)35(3)27-34(2)19-23-43-36(4)28-38(57-43)20-24-46-54-25-26-55-46/h17-18,21-22,34-35,38-39,41-47,50H,4-5,19-20,23-32H2,1-3,6-16H3/t34-,35+,38-,39-,41-,42+,43-,44-,45+,47+/m0/s1. The highest BCUT2D eigenvalue weighted by Gasteiger charge is 2.50. The van der Waals surface area contributed by atoms with Crippen LogP contribution < -0.4 is 0 Å². The number of aliphatic hydroxyl groups is 1. The lowest BCUT2D eigenvalue weighted by atomic mass is 9.84. The minimum Gasteiger partial charge on any atom is -0.414 e. The molecule has 1 aromatic rings. The number of sulfone groups is 1. The number of hydrogen-bond donors (Lipinski definition) is 1. The molecule has 0 bridgehead atoms. The molecule has 0 radical (unpaired) electrons. The van der Waals surface area contributed by atoms with Crippen molar-refractivity contribution in [2.24, 2.45) is 17.8 Å². The number of methoxy groups -OCH3 is 1. The second-order valence-electron chi connectivity index (χ2n) is 22.0. The Labute approximate surface area is 379 Å². The highest BCUT2D eigenvalue weighted by atomic mass is 32.2. The van der Waals surface area contributed by atoms with Crippen LogP contribution in [0.4, 0.5) is 0 Å². The molecule has 4 rings (SSSR count). The van der Waals surface area contributed by atoms with E-state index in [4.69, 9.17) is 32.5 Å². The van der Waals surface area contributed by atoms with Gasteiger partial charge in [0.1, 0.15) is 0 Å². The monoisotopic (exact) mass is 923 g/mol. The van der Waals surface area contributed by atoms with Crippen molar-refractivity contribution in [1.82, 2.24) is 0 Å². The van der Waals surface area contributed by atoms with Gasteiger partial charge in [-0.2, -0.15) is 0 Å². The average molecular weight is 923 g/mol. The summed E-state index contributed by atoms with van der Waals surface area (Å²) in [6.07, 6.45) is 3.32. The van der Waals surface area contributed by atoms with Crippen LogP contribution in [0.1, 0.15) is 112 Å². The van der Waals surface area contributed by atoms with E-state index < -0.39 is 56.8 Å². The molecule has 0 spiro atoms. The molecule has 62 heavy (non-hydrogen) atoms. The van der Waals surface area contributed by atoms with Crippen molar-refractivity contribution >= 4 is 26.5 Å². The number of hydrogen-bond acceptors (Lipinski definition) is 10. The molecule has 1 N–H and O–H groups in total. The lowest BCUT2D eigenvalue weighted by Gasteiger charge is -2.42. The second kappa shape index (κ2) is 22.0. The van der Waals surface area contributed by atoms with E-state index in [1.54, 1.807) is 19.2 Å². The summed E-state index contributed by atoms with van der Waals surface area (Å²) < 4.78 is 72.9. The van der Waals surface area contributed by atoms with Crippen molar-refractivity contribution in [3.8, 4) is 0 Å². The fourth-order valence-corrected chi connectivity index (χ4v) is 12.6. The van der Waals surface area contributed by atoms with Crippen LogP contribution in [-0.4, -0.2) is 112 Å². The van der Waals surface area contributed by atoms with E-state index in [1.165, 1.54) is 0 Å². The van der Waals surface area contributed by atoms with Gasteiger partial charge >= 0.3 is 0 Å². The maximum Gasteiger partial charge on any atom is 0.192 e. The maximum atomic E-state index is 14.1. The van der Waals surface area contributed by atoms with Crippen LogP contribution in [0, 0.1) is 24.7 Å². The first-order chi connectivity index (χ1) is 28.6. The highest BCUT2D eigenvalue weighted by molar-refractivity contribution is 7.91. The van der Waals surface area contributed by atoms with E-state index in [-0.39, 0.29) is 57.7 Å². The minimum absolute atomic E-state index is 0.0193. The summed E-state index contributed by atoms with van der Waals surface area (Å²) in [5, 5.41) is 11.9. The van der Waals surface area contributed by atoms with E-state index in [9.17, 15) is 13.5 Å². The Morgan fingerprint density at radius 2 is 1.52 bits per heavy atom. The molecule has 356 valence electrons. The molecule has 3 aliphatic rings. The number of aryl methyl sites for hydroxylation is 1. The predicted octanol–water partition coefficient (Wildman–Crippen LogP) is 10.6. The molecule has 0 amide bonds. The summed E-state index contributed by atoms with van der Waals surface area (Å²) >= 11 is 0. The highest BCUT2D eigenvalue weighted by Crippen LogP contribution is 2.43. The molecule has 13 heteroatoms. The average Bonchev–Trinajstić information content (AvgIpc) is 3.89. The molecule has 3 fully saturated rings. The number of ether oxygens (including phenoxy) is 5. The molecule has 0 unspecified atom stereocenters. The van der Waals surface area contributed by atoms with Crippen LogP contribution in [0.3, 0.4) is 0 Å². The molecular formula is C49H86O10SSi2. The van der Waals surface area contributed by atoms with Crippen molar-refractivity contribution in [2.75, 3.05) is 32.7 Å². The summed E-state index contributed by atoms with van der Waals surface area (Å²) in [7, 11) is -6.49. The van der Waals surface area contributed by atoms with Crippen molar-refractivity contribution in [2.45, 2.75) is 204 Å². The van der Waals surface area contributed by atoms with Crippen molar-refractivity contribution in [1.29, 1.82) is 0 Å². The van der Waals surface area contributed by atoms with Crippen LogP contribution >= 0.6 is 0 Å².